The van der Waals surface area contributed by atoms with E-state index in [9.17, 15) is 18.3 Å². The maximum absolute atomic E-state index is 12.4. The van der Waals surface area contributed by atoms with Crippen molar-refractivity contribution in [2.24, 2.45) is 0 Å². The zero-order valence-electron chi connectivity index (χ0n) is 13.5. The van der Waals surface area contributed by atoms with Gasteiger partial charge in [-0.25, -0.2) is 13.2 Å². The number of carbonyl (C=O) groups is 1. The van der Waals surface area contributed by atoms with Crippen molar-refractivity contribution in [1.29, 1.82) is 0 Å². The zero-order valence-corrected chi connectivity index (χ0v) is 15.1. The second-order valence-electron chi connectivity index (χ2n) is 6.13. The van der Waals surface area contributed by atoms with Crippen LogP contribution in [0.4, 0.5) is 4.79 Å². The van der Waals surface area contributed by atoms with Gasteiger partial charge < -0.3 is 15.2 Å². The minimum Gasteiger partial charge on any atom is -0.444 e. The molecule has 3 atom stereocenters. The molecule has 0 unspecified atom stereocenters. The number of amides is 1. The lowest BCUT2D eigenvalue weighted by Gasteiger charge is -2.26. The van der Waals surface area contributed by atoms with Gasteiger partial charge in [0.1, 0.15) is 11.7 Å². The van der Waals surface area contributed by atoms with E-state index in [1.54, 1.807) is 39.0 Å². The SMILES string of the molecule is C[C@H](NC(=O)OC(C)(C)C)[C@H](O)[C@@H](Cl)S(=O)(=O)c1ccccc1. The largest absolute Gasteiger partial charge is 0.444 e. The Bertz CT molecular complexity index is 627. The van der Waals surface area contributed by atoms with Gasteiger partial charge in [-0.2, -0.15) is 0 Å². The molecular weight excluding hydrogens is 342 g/mol. The molecule has 0 radical (unpaired) electrons. The monoisotopic (exact) mass is 363 g/mol. The Labute approximate surface area is 141 Å². The van der Waals surface area contributed by atoms with Gasteiger partial charge in [-0.3, -0.25) is 0 Å². The molecule has 0 aliphatic rings. The molecule has 1 aromatic rings. The van der Waals surface area contributed by atoms with Gasteiger partial charge in [-0.1, -0.05) is 18.2 Å². The van der Waals surface area contributed by atoms with Crippen LogP contribution in [0.2, 0.25) is 0 Å². The van der Waals surface area contributed by atoms with Crippen molar-refractivity contribution in [2.45, 2.75) is 55.0 Å². The molecule has 1 aromatic carbocycles. The average Bonchev–Trinajstić information content (AvgIpc) is 2.44. The first kappa shape index (κ1) is 19.7. The molecule has 0 bridgehead atoms. The number of alkyl carbamates (subject to hydrolysis) is 1. The molecule has 0 saturated heterocycles. The third-order valence-corrected chi connectivity index (χ3v) is 5.66. The summed E-state index contributed by atoms with van der Waals surface area (Å²) >= 11 is 5.94. The lowest BCUT2D eigenvalue weighted by atomic mass is 10.2. The van der Waals surface area contributed by atoms with Crippen LogP contribution in [0, 0.1) is 0 Å². The minimum atomic E-state index is -3.93. The number of aliphatic hydroxyl groups is 1. The summed E-state index contributed by atoms with van der Waals surface area (Å²) in [7, 11) is -3.93. The Balaban J connectivity index is 2.80. The number of sulfone groups is 1. The third kappa shape index (κ3) is 5.67. The van der Waals surface area contributed by atoms with Gasteiger partial charge in [0.2, 0.25) is 0 Å². The molecule has 1 amide bonds. The summed E-state index contributed by atoms with van der Waals surface area (Å²) in [5, 5.41) is 12.5. The average molecular weight is 364 g/mol. The molecule has 0 heterocycles. The number of ether oxygens (including phenoxy) is 1. The van der Waals surface area contributed by atoms with E-state index in [4.69, 9.17) is 16.3 Å². The fourth-order valence-electron chi connectivity index (χ4n) is 1.73. The van der Waals surface area contributed by atoms with E-state index < -0.39 is 38.4 Å². The Morgan fingerprint density at radius 1 is 1.26 bits per heavy atom. The van der Waals surface area contributed by atoms with Crippen molar-refractivity contribution in [3.05, 3.63) is 30.3 Å². The summed E-state index contributed by atoms with van der Waals surface area (Å²) in [6.45, 7) is 6.53. The Hall–Kier alpha value is -1.31. The number of carbonyl (C=O) groups excluding carboxylic acids is 1. The van der Waals surface area contributed by atoms with E-state index in [0.717, 1.165) is 0 Å². The first-order chi connectivity index (χ1) is 10.4. The summed E-state index contributed by atoms with van der Waals surface area (Å²) in [4.78, 5) is 11.7. The summed E-state index contributed by atoms with van der Waals surface area (Å²) in [5.41, 5.74) is -0.703. The molecule has 0 fully saturated rings. The number of hydrogen-bond donors (Lipinski definition) is 2. The summed E-state index contributed by atoms with van der Waals surface area (Å²) in [6, 6.07) is 6.67. The molecule has 0 spiro atoms. The van der Waals surface area contributed by atoms with Crippen molar-refractivity contribution in [3.63, 3.8) is 0 Å². The first-order valence-corrected chi connectivity index (χ1v) is 9.04. The summed E-state index contributed by atoms with van der Waals surface area (Å²) in [5.74, 6) is 0. The van der Waals surface area contributed by atoms with Crippen LogP contribution < -0.4 is 5.32 Å². The lowest BCUT2D eigenvalue weighted by Crippen LogP contribution is -2.48. The Kier molecular flexibility index (Phi) is 6.44. The van der Waals surface area contributed by atoms with Crippen LogP contribution in [-0.4, -0.2) is 42.1 Å². The number of alkyl halides is 1. The molecule has 8 heteroatoms. The van der Waals surface area contributed by atoms with Crippen molar-refractivity contribution >= 4 is 27.5 Å². The van der Waals surface area contributed by atoms with Gasteiger partial charge in [-0.05, 0) is 39.8 Å². The number of hydrogen-bond acceptors (Lipinski definition) is 5. The van der Waals surface area contributed by atoms with E-state index in [2.05, 4.69) is 5.32 Å². The molecule has 1 rings (SSSR count). The molecule has 2 N–H and O–H groups in total. The first-order valence-electron chi connectivity index (χ1n) is 7.06. The molecule has 0 aromatic heterocycles. The van der Waals surface area contributed by atoms with Crippen molar-refractivity contribution < 1.29 is 23.1 Å². The number of nitrogens with one attached hydrogen (secondary N) is 1. The maximum Gasteiger partial charge on any atom is 0.407 e. The van der Waals surface area contributed by atoms with Gasteiger partial charge in [0, 0.05) is 0 Å². The molecule has 6 nitrogen and oxygen atoms in total. The highest BCUT2D eigenvalue weighted by Gasteiger charge is 2.36. The molecule has 0 aliphatic carbocycles. The molecule has 0 aliphatic heterocycles. The number of benzene rings is 1. The minimum absolute atomic E-state index is 0.00326. The lowest BCUT2D eigenvalue weighted by molar-refractivity contribution is 0.0445. The van der Waals surface area contributed by atoms with E-state index in [1.807, 2.05) is 0 Å². The summed E-state index contributed by atoms with van der Waals surface area (Å²) in [6.07, 6.45) is -2.26. The highest BCUT2D eigenvalue weighted by atomic mass is 35.5. The van der Waals surface area contributed by atoms with Crippen LogP contribution in [0.3, 0.4) is 0 Å². The molecular formula is C15H22ClNO5S. The van der Waals surface area contributed by atoms with Gasteiger partial charge in [0.15, 0.2) is 14.5 Å². The number of aliphatic hydroxyl groups excluding tert-OH is 1. The summed E-state index contributed by atoms with van der Waals surface area (Å²) < 4.78 is 28.2. The normalized spacial score (nSPS) is 16.3. The third-order valence-electron chi connectivity index (χ3n) is 2.89. The van der Waals surface area contributed by atoms with Crippen molar-refractivity contribution in [2.75, 3.05) is 0 Å². The van der Waals surface area contributed by atoms with E-state index in [0.29, 0.717) is 0 Å². The Morgan fingerprint density at radius 3 is 2.26 bits per heavy atom. The highest BCUT2D eigenvalue weighted by molar-refractivity contribution is 7.93. The van der Waals surface area contributed by atoms with Gasteiger partial charge in [0.05, 0.1) is 10.9 Å². The van der Waals surface area contributed by atoms with Crippen LogP contribution in [-0.2, 0) is 14.6 Å². The topological polar surface area (TPSA) is 92.7 Å². The van der Waals surface area contributed by atoms with Crippen LogP contribution in [0.1, 0.15) is 27.7 Å². The van der Waals surface area contributed by atoms with E-state index >= 15 is 0 Å². The quantitative estimate of drug-likeness (QED) is 0.783. The van der Waals surface area contributed by atoms with Crippen LogP contribution in [0.5, 0.6) is 0 Å². The van der Waals surface area contributed by atoms with Crippen molar-refractivity contribution in [1.82, 2.24) is 5.32 Å². The van der Waals surface area contributed by atoms with Gasteiger partial charge >= 0.3 is 6.09 Å². The fraction of sp³-hybridized carbons (Fsp3) is 0.533. The fourth-order valence-corrected chi connectivity index (χ4v) is 3.66. The second-order valence-corrected chi connectivity index (χ2v) is 8.93. The number of halogens is 1. The van der Waals surface area contributed by atoms with Gasteiger partial charge in [0.25, 0.3) is 0 Å². The predicted molar refractivity (Wildman–Crippen MR) is 88.1 cm³/mol. The highest BCUT2D eigenvalue weighted by Crippen LogP contribution is 2.23. The van der Waals surface area contributed by atoms with E-state index in [-0.39, 0.29) is 4.90 Å². The second kappa shape index (κ2) is 7.51. The van der Waals surface area contributed by atoms with Crippen LogP contribution in [0.15, 0.2) is 35.2 Å². The van der Waals surface area contributed by atoms with Crippen LogP contribution >= 0.6 is 11.6 Å². The smallest absolute Gasteiger partial charge is 0.407 e. The van der Waals surface area contributed by atoms with Crippen molar-refractivity contribution in [3.8, 4) is 0 Å². The zero-order chi connectivity index (χ0) is 17.8. The number of rotatable bonds is 5. The Morgan fingerprint density at radius 2 is 1.78 bits per heavy atom. The van der Waals surface area contributed by atoms with E-state index in [1.165, 1.54) is 19.1 Å². The standard InChI is InChI=1S/C15H22ClNO5S/c1-10(17-14(19)22-15(2,3)4)12(18)13(16)23(20,21)11-8-6-5-7-9-11/h5-10,12-13,18H,1-4H3,(H,17,19)/t10-,12-,13-/m0/s1. The molecule has 130 valence electrons. The molecule has 23 heavy (non-hydrogen) atoms. The van der Waals surface area contributed by atoms with Gasteiger partial charge in [-0.15, -0.1) is 11.6 Å². The molecule has 0 saturated carbocycles. The maximum atomic E-state index is 12.4. The van der Waals surface area contributed by atoms with Crippen LogP contribution in [0.25, 0.3) is 0 Å². The predicted octanol–water partition coefficient (Wildman–Crippen LogP) is 2.30.